The first-order valence-corrected chi connectivity index (χ1v) is 6.79. The first-order chi connectivity index (χ1) is 8.26. The van der Waals surface area contributed by atoms with Gasteiger partial charge in [-0.05, 0) is 46.5 Å². The second-order valence-corrected chi connectivity index (χ2v) is 5.26. The first kappa shape index (κ1) is 12.9. The molecule has 1 saturated carbocycles. The fourth-order valence-corrected chi connectivity index (χ4v) is 2.64. The summed E-state index contributed by atoms with van der Waals surface area (Å²) in [5.41, 5.74) is 8.05. The van der Waals surface area contributed by atoms with E-state index in [1.165, 1.54) is 18.5 Å². The van der Waals surface area contributed by atoms with Gasteiger partial charge in [0, 0.05) is 30.7 Å². The number of hydrogen-bond donors (Lipinski definition) is 1. The highest BCUT2D eigenvalue weighted by atomic mass is 79.9. The van der Waals surface area contributed by atoms with Crippen LogP contribution in [0.2, 0.25) is 0 Å². The molecule has 0 amide bonds. The van der Waals surface area contributed by atoms with Crippen molar-refractivity contribution in [1.82, 2.24) is 0 Å². The Morgan fingerprint density at radius 1 is 1.47 bits per heavy atom. The van der Waals surface area contributed by atoms with Crippen molar-refractivity contribution in [2.75, 3.05) is 25.2 Å². The molecule has 1 aromatic carbocycles. The molecule has 0 aliphatic heterocycles. The molecule has 2 N–H and O–H groups in total. The van der Waals surface area contributed by atoms with Gasteiger partial charge in [0.2, 0.25) is 0 Å². The number of methoxy groups -OCH3 is 1. The van der Waals surface area contributed by atoms with Gasteiger partial charge in [-0.2, -0.15) is 0 Å². The molecule has 1 aliphatic carbocycles. The van der Waals surface area contributed by atoms with Crippen LogP contribution in [0.4, 0.5) is 5.69 Å². The predicted molar refractivity (Wildman–Crippen MR) is 74.3 cm³/mol. The Morgan fingerprint density at radius 3 is 2.76 bits per heavy atom. The number of nitrogens with two attached hydrogens (primary N) is 1. The minimum Gasteiger partial charge on any atom is -0.383 e. The van der Waals surface area contributed by atoms with Gasteiger partial charge >= 0.3 is 0 Å². The minimum absolute atomic E-state index is 0.584. The van der Waals surface area contributed by atoms with Crippen LogP contribution >= 0.6 is 15.9 Å². The van der Waals surface area contributed by atoms with E-state index in [4.69, 9.17) is 10.5 Å². The molecule has 0 bridgehead atoms. The van der Waals surface area contributed by atoms with Crippen LogP contribution in [0.25, 0.3) is 0 Å². The van der Waals surface area contributed by atoms with E-state index in [9.17, 15) is 0 Å². The molecule has 0 saturated heterocycles. The molecule has 0 radical (unpaired) electrons. The third kappa shape index (κ3) is 3.21. The number of anilines is 1. The third-order valence-corrected chi connectivity index (χ3v) is 3.72. The van der Waals surface area contributed by atoms with Gasteiger partial charge in [-0.15, -0.1) is 0 Å². The molecule has 1 aliphatic rings. The lowest BCUT2D eigenvalue weighted by molar-refractivity contribution is 0.205. The molecule has 17 heavy (non-hydrogen) atoms. The summed E-state index contributed by atoms with van der Waals surface area (Å²) in [4.78, 5) is 2.42. The molecule has 94 valence electrons. The Balaban J connectivity index is 2.16. The van der Waals surface area contributed by atoms with Crippen LogP contribution in [-0.2, 0) is 11.3 Å². The summed E-state index contributed by atoms with van der Waals surface area (Å²) in [7, 11) is 1.75. The second-order valence-electron chi connectivity index (χ2n) is 4.41. The van der Waals surface area contributed by atoms with E-state index in [-0.39, 0.29) is 0 Å². The average molecular weight is 299 g/mol. The van der Waals surface area contributed by atoms with Crippen molar-refractivity contribution >= 4 is 21.6 Å². The summed E-state index contributed by atoms with van der Waals surface area (Å²) < 4.78 is 6.31. The van der Waals surface area contributed by atoms with Crippen LogP contribution in [0.5, 0.6) is 0 Å². The van der Waals surface area contributed by atoms with E-state index in [0.29, 0.717) is 12.6 Å². The maximum atomic E-state index is 5.64. The summed E-state index contributed by atoms with van der Waals surface area (Å²) >= 11 is 3.64. The lowest BCUT2D eigenvalue weighted by atomic mass is 10.2. The van der Waals surface area contributed by atoms with Crippen molar-refractivity contribution in [3.05, 3.63) is 28.2 Å². The summed E-state index contributed by atoms with van der Waals surface area (Å²) in [5.74, 6) is 0. The lowest BCUT2D eigenvalue weighted by Gasteiger charge is -2.25. The molecule has 0 heterocycles. The monoisotopic (exact) mass is 298 g/mol. The summed E-state index contributed by atoms with van der Waals surface area (Å²) in [6.07, 6.45) is 2.57. The quantitative estimate of drug-likeness (QED) is 0.877. The minimum atomic E-state index is 0.584. The van der Waals surface area contributed by atoms with Crippen molar-refractivity contribution < 1.29 is 4.74 Å². The zero-order chi connectivity index (χ0) is 12.3. The van der Waals surface area contributed by atoms with Gasteiger partial charge < -0.3 is 15.4 Å². The average Bonchev–Trinajstić information content (AvgIpc) is 3.15. The maximum absolute atomic E-state index is 5.64. The molecular formula is C13H19BrN2O. The highest BCUT2D eigenvalue weighted by Crippen LogP contribution is 2.36. The van der Waals surface area contributed by atoms with E-state index >= 15 is 0 Å². The molecule has 4 heteroatoms. The zero-order valence-corrected chi connectivity index (χ0v) is 11.7. The van der Waals surface area contributed by atoms with Gasteiger partial charge in [-0.1, -0.05) is 6.07 Å². The molecule has 0 atom stereocenters. The Kier molecular flexibility index (Phi) is 4.42. The van der Waals surface area contributed by atoms with Gasteiger partial charge in [0.05, 0.1) is 12.3 Å². The van der Waals surface area contributed by atoms with E-state index in [0.717, 1.165) is 23.2 Å². The van der Waals surface area contributed by atoms with E-state index < -0.39 is 0 Å². The van der Waals surface area contributed by atoms with Crippen molar-refractivity contribution in [3.8, 4) is 0 Å². The van der Waals surface area contributed by atoms with Crippen LogP contribution in [-0.4, -0.2) is 26.3 Å². The third-order valence-electron chi connectivity index (χ3n) is 3.08. The normalized spacial score (nSPS) is 15.0. The number of halogens is 1. The largest absolute Gasteiger partial charge is 0.383 e. The standard InChI is InChI=1S/C13H19BrN2O/c1-17-7-6-16(11-3-4-11)13-5-2-10(9-15)8-12(13)14/h2,5,8,11H,3-4,6-7,9,15H2,1H3. The number of rotatable bonds is 6. The van der Waals surface area contributed by atoms with Crippen molar-refractivity contribution in [1.29, 1.82) is 0 Å². The summed E-state index contributed by atoms with van der Waals surface area (Å²) in [6, 6.07) is 7.05. The smallest absolute Gasteiger partial charge is 0.0637 e. The van der Waals surface area contributed by atoms with Gasteiger partial charge in [0.15, 0.2) is 0 Å². The molecule has 1 aromatic rings. The molecule has 1 fully saturated rings. The Hall–Kier alpha value is -0.580. The van der Waals surface area contributed by atoms with Crippen LogP contribution in [0.15, 0.2) is 22.7 Å². The molecule has 3 nitrogen and oxygen atoms in total. The van der Waals surface area contributed by atoms with Gasteiger partial charge in [-0.25, -0.2) is 0 Å². The predicted octanol–water partition coefficient (Wildman–Crippen LogP) is 2.52. The Labute approximate surface area is 111 Å². The first-order valence-electron chi connectivity index (χ1n) is 6.00. The van der Waals surface area contributed by atoms with E-state index in [1.807, 2.05) is 0 Å². The van der Waals surface area contributed by atoms with Crippen LogP contribution in [0, 0.1) is 0 Å². The summed E-state index contributed by atoms with van der Waals surface area (Å²) in [5, 5.41) is 0. The topological polar surface area (TPSA) is 38.5 Å². The molecule has 2 rings (SSSR count). The van der Waals surface area contributed by atoms with Gasteiger partial charge in [0.1, 0.15) is 0 Å². The zero-order valence-electron chi connectivity index (χ0n) is 10.2. The number of benzene rings is 1. The Morgan fingerprint density at radius 2 is 2.24 bits per heavy atom. The second kappa shape index (κ2) is 5.85. The highest BCUT2D eigenvalue weighted by Gasteiger charge is 2.29. The summed E-state index contributed by atoms with van der Waals surface area (Å²) in [6.45, 7) is 2.30. The maximum Gasteiger partial charge on any atom is 0.0637 e. The number of ether oxygens (including phenoxy) is 1. The number of hydrogen-bond acceptors (Lipinski definition) is 3. The SMILES string of the molecule is COCCN(c1ccc(CN)cc1Br)C1CC1. The van der Waals surface area contributed by atoms with Crippen molar-refractivity contribution in [3.63, 3.8) is 0 Å². The number of nitrogens with zero attached hydrogens (tertiary/aromatic N) is 1. The fraction of sp³-hybridized carbons (Fsp3) is 0.538. The Bertz CT molecular complexity index is 380. The van der Waals surface area contributed by atoms with Crippen LogP contribution in [0.1, 0.15) is 18.4 Å². The van der Waals surface area contributed by atoms with Crippen molar-refractivity contribution in [2.24, 2.45) is 5.73 Å². The van der Waals surface area contributed by atoms with E-state index in [1.54, 1.807) is 7.11 Å². The lowest BCUT2D eigenvalue weighted by Crippen LogP contribution is -2.29. The van der Waals surface area contributed by atoms with Gasteiger partial charge in [0.25, 0.3) is 0 Å². The molecule has 0 unspecified atom stereocenters. The fourth-order valence-electron chi connectivity index (χ4n) is 1.99. The van der Waals surface area contributed by atoms with Crippen LogP contribution in [0.3, 0.4) is 0 Å². The van der Waals surface area contributed by atoms with Crippen LogP contribution < -0.4 is 10.6 Å². The van der Waals surface area contributed by atoms with Gasteiger partial charge in [-0.3, -0.25) is 0 Å². The molecule has 0 spiro atoms. The highest BCUT2D eigenvalue weighted by molar-refractivity contribution is 9.10. The molecule has 0 aromatic heterocycles. The van der Waals surface area contributed by atoms with Crippen molar-refractivity contribution in [2.45, 2.75) is 25.4 Å². The van der Waals surface area contributed by atoms with E-state index in [2.05, 4.69) is 39.0 Å². The molecular weight excluding hydrogens is 280 g/mol.